The van der Waals surface area contributed by atoms with E-state index in [0.717, 1.165) is 18.9 Å². The predicted octanol–water partition coefficient (Wildman–Crippen LogP) is 0.607. The van der Waals surface area contributed by atoms with E-state index in [-0.39, 0.29) is 5.84 Å². The molecule has 0 bridgehead atoms. The molecule has 0 aliphatic heterocycles. The molecule has 0 fully saturated rings. The van der Waals surface area contributed by atoms with Crippen LogP contribution in [0, 0.1) is 5.41 Å². The zero-order valence-corrected chi connectivity index (χ0v) is 8.49. The number of hydrogen-bond acceptors (Lipinski definition) is 4. The summed E-state index contributed by atoms with van der Waals surface area (Å²) in [5.41, 5.74) is 5.81. The van der Waals surface area contributed by atoms with Crippen molar-refractivity contribution in [3.05, 3.63) is 18.1 Å². The molecule has 5 heteroatoms. The van der Waals surface area contributed by atoms with Crippen molar-refractivity contribution in [1.29, 1.82) is 5.41 Å². The Morgan fingerprint density at radius 1 is 1.43 bits per heavy atom. The van der Waals surface area contributed by atoms with E-state index in [1.165, 1.54) is 6.33 Å². The molecule has 0 amide bonds. The highest BCUT2D eigenvalue weighted by molar-refractivity contribution is 5.93. The van der Waals surface area contributed by atoms with Crippen molar-refractivity contribution in [3.63, 3.8) is 0 Å². The van der Waals surface area contributed by atoms with Gasteiger partial charge in [0, 0.05) is 19.2 Å². The number of aromatic nitrogens is 2. The molecule has 0 radical (unpaired) electrons. The SMILES string of the molecule is CCN(CC)c1cc(C(=N)N)ncn1. The van der Waals surface area contributed by atoms with Gasteiger partial charge in [0.2, 0.25) is 0 Å². The van der Waals surface area contributed by atoms with E-state index in [2.05, 4.69) is 28.7 Å². The van der Waals surface area contributed by atoms with Crippen molar-refractivity contribution >= 4 is 11.7 Å². The summed E-state index contributed by atoms with van der Waals surface area (Å²) in [5.74, 6) is 0.788. The van der Waals surface area contributed by atoms with Crippen molar-refractivity contribution < 1.29 is 0 Å². The normalized spacial score (nSPS) is 9.86. The molecular formula is C9H15N5. The summed E-state index contributed by atoms with van der Waals surface area (Å²) in [5, 5.41) is 7.26. The van der Waals surface area contributed by atoms with Crippen LogP contribution < -0.4 is 10.6 Å². The predicted molar refractivity (Wildman–Crippen MR) is 56.6 cm³/mol. The van der Waals surface area contributed by atoms with Gasteiger partial charge >= 0.3 is 0 Å². The fourth-order valence-corrected chi connectivity index (χ4v) is 1.21. The maximum absolute atomic E-state index is 7.26. The van der Waals surface area contributed by atoms with Crippen molar-refractivity contribution in [2.75, 3.05) is 18.0 Å². The first kappa shape index (κ1) is 10.4. The molecule has 0 aromatic carbocycles. The van der Waals surface area contributed by atoms with E-state index in [0.29, 0.717) is 5.69 Å². The second-order valence-corrected chi connectivity index (χ2v) is 2.85. The van der Waals surface area contributed by atoms with Crippen molar-refractivity contribution in [3.8, 4) is 0 Å². The number of nitrogens with one attached hydrogen (secondary N) is 1. The van der Waals surface area contributed by atoms with Crippen molar-refractivity contribution in [1.82, 2.24) is 9.97 Å². The molecule has 3 N–H and O–H groups in total. The van der Waals surface area contributed by atoms with Gasteiger partial charge in [-0.25, -0.2) is 9.97 Å². The first-order chi connectivity index (χ1) is 6.69. The molecule has 0 spiro atoms. The van der Waals surface area contributed by atoms with Gasteiger partial charge in [0.25, 0.3) is 0 Å². The quantitative estimate of drug-likeness (QED) is 0.542. The Morgan fingerprint density at radius 3 is 2.57 bits per heavy atom. The lowest BCUT2D eigenvalue weighted by molar-refractivity contribution is 0.840. The highest BCUT2D eigenvalue weighted by atomic mass is 15.2. The number of nitrogens with two attached hydrogens (primary N) is 1. The van der Waals surface area contributed by atoms with E-state index in [4.69, 9.17) is 11.1 Å². The Labute approximate surface area is 83.5 Å². The molecule has 0 saturated carbocycles. The van der Waals surface area contributed by atoms with Crippen LogP contribution in [0.5, 0.6) is 0 Å². The number of rotatable bonds is 4. The van der Waals surface area contributed by atoms with Gasteiger partial charge in [-0.2, -0.15) is 0 Å². The first-order valence-corrected chi connectivity index (χ1v) is 4.60. The lowest BCUT2D eigenvalue weighted by Gasteiger charge is -2.19. The summed E-state index contributed by atoms with van der Waals surface area (Å²) in [7, 11) is 0. The molecule has 5 nitrogen and oxygen atoms in total. The Bertz CT molecular complexity index is 319. The smallest absolute Gasteiger partial charge is 0.142 e. The lowest BCUT2D eigenvalue weighted by atomic mass is 10.3. The largest absolute Gasteiger partial charge is 0.382 e. The minimum absolute atomic E-state index is 0.0270. The van der Waals surface area contributed by atoms with Crippen LogP contribution in [0.4, 0.5) is 5.82 Å². The average Bonchev–Trinajstić information content (AvgIpc) is 2.20. The van der Waals surface area contributed by atoms with E-state index >= 15 is 0 Å². The number of nitrogen functional groups attached to an aromatic ring is 1. The topological polar surface area (TPSA) is 78.9 Å². The zero-order chi connectivity index (χ0) is 10.6. The van der Waals surface area contributed by atoms with Gasteiger partial charge in [-0.3, -0.25) is 5.41 Å². The minimum Gasteiger partial charge on any atom is -0.382 e. The summed E-state index contributed by atoms with van der Waals surface area (Å²) in [6.45, 7) is 5.87. The van der Waals surface area contributed by atoms with Gasteiger partial charge in [0.15, 0.2) is 0 Å². The van der Waals surface area contributed by atoms with Crippen LogP contribution in [-0.2, 0) is 0 Å². The summed E-state index contributed by atoms with van der Waals surface area (Å²) < 4.78 is 0. The maximum atomic E-state index is 7.26. The molecule has 0 unspecified atom stereocenters. The molecule has 76 valence electrons. The third-order valence-corrected chi connectivity index (χ3v) is 2.02. The van der Waals surface area contributed by atoms with E-state index < -0.39 is 0 Å². The summed E-state index contributed by atoms with van der Waals surface area (Å²) in [6, 6.07) is 1.73. The van der Waals surface area contributed by atoms with Crippen LogP contribution in [0.3, 0.4) is 0 Å². The molecule has 14 heavy (non-hydrogen) atoms. The lowest BCUT2D eigenvalue weighted by Crippen LogP contribution is -2.24. The van der Waals surface area contributed by atoms with Crippen LogP contribution >= 0.6 is 0 Å². The minimum atomic E-state index is -0.0270. The van der Waals surface area contributed by atoms with Gasteiger partial charge in [0.1, 0.15) is 23.7 Å². The summed E-state index contributed by atoms with van der Waals surface area (Å²) in [6.07, 6.45) is 1.43. The maximum Gasteiger partial charge on any atom is 0.142 e. The fraction of sp³-hybridized carbons (Fsp3) is 0.444. The highest BCUT2D eigenvalue weighted by Crippen LogP contribution is 2.09. The number of amidine groups is 1. The Morgan fingerprint density at radius 2 is 2.07 bits per heavy atom. The third kappa shape index (κ3) is 2.18. The van der Waals surface area contributed by atoms with Crippen LogP contribution in [0.2, 0.25) is 0 Å². The molecule has 0 aliphatic rings. The van der Waals surface area contributed by atoms with Crippen LogP contribution in [-0.4, -0.2) is 28.9 Å². The van der Waals surface area contributed by atoms with Gasteiger partial charge in [-0.1, -0.05) is 0 Å². The number of nitrogens with zero attached hydrogens (tertiary/aromatic N) is 3. The van der Waals surface area contributed by atoms with Gasteiger partial charge in [-0.15, -0.1) is 0 Å². The van der Waals surface area contributed by atoms with Crippen molar-refractivity contribution in [2.45, 2.75) is 13.8 Å². The molecule has 1 aromatic heterocycles. The van der Waals surface area contributed by atoms with E-state index in [1.54, 1.807) is 6.07 Å². The van der Waals surface area contributed by atoms with Gasteiger partial charge < -0.3 is 10.6 Å². The number of hydrogen-bond donors (Lipinski definition) is 2. The average molecular weight is 193 g/mol. The third-order valence-electron chi connectivity index (χ3n) is 2.02. The second kappa shape index (κ2) is 4.55. The van der Waals surface area contributed by atoms with E-state index in [1.807, 2.05) is 0 Å². The standard InChI is InChI=1S/C9H15N5/c1-3-14(4-2)8-5-7(9(10)11)12-6-13-8/h5-6H,3-4H2,1-2H3,(H3,10,11). The molecule has 1 aromatic rings. The molecule has 0 saturated heterocycles. The zero-order valence-electron chi connectivity index (χ0n) is 8.49. The molecule has 0 atom stereocenters. The van der Waals surface area contributed by atoms with Gasteiger partial charge in [-0.05, 0) is 13.8 Å². The second-order valence-electron chi connectivity index (χ2n) is 2.85. The highest BCUT2D eigenvalue weighted by Gasteiger charge is 2.05. The Kier molecular flexibility index (Phi) is 3.39. The Balaban J connectivity index is 2.98. The van der Waals surface area contributed by atoms with Crippen LogP contribution in [0.25, 0.3) is 0 Å². The molecule has 1 rings (SSSR count). The van der Waals surface area contributed by atoms with Crippen LogP contribution in [0.1, 0.15) is 19.5 Å². The monoisotopic (exact) mass is 193 g/mol. The van der Waals surface area contributed by atoms with Gasteiger partial charge in [0.05, 0.1) is 0 Å². The Hall–Kier alpha value is -1.65. The molecular weight excluding hydrogens is 178 g/mol. The molecule has 0 aliphatic carbocycles. The van der Waals surface area contributed by atoms with Crippen LogP contribution in [0.15, 0.2) is 12.4 Å². The first-order valence-electron chi connectivity index (χ1n) is 4.60. The van der Waals surface area contributed by atoms with E-state index in [9.17, 15) is 0 Å². The number of anilines is 1. The fourth-order valence-electron chi connectivity index (χ4n) is 1.21. The van der Waals surface area contributed by atoms with Crippen molar-refractivity contribution in [2.24, 2.45) is 5.73 Å². The summed E-state index contributed by atoms with van der Waals surface area (Å²) >= 11 is 0. The molecule has 1 heterocycles. The summed E-state index contributed by atoms with van der Waals surface area (Å²) in [4.78, 5) is 10.1.